The van der Waals surface area contributed by atoms with Gasteiger partial charge in [-0.05, 0) is 24.3 Å². The van der Waals surface area contributed by atoms with Crippen LogP contribution in [0.15, 0.2) is 168 Å². The number of aromatic nitrogens is 5. The topological polar surface area (TPSA) is 69.6 Å². The fourth-order valence-electron chi connectivity index (χ4n) is 6.99. The van der Waals surface area contributed by atoms with Gasteiger partial charge in [-0.25, -0.2) is 19.9 Å². The highest BCUT2D eigenvalue weighted by Gasteiger charge is 2.24. The molecule has 50 heavy (non-hydrogen) atoms. The number of para-hydroxylation sites is 3. The number of pyridine rings is 1. The Morgan fingerprint density at radius 2 is 0.900 bits per heavy atom. The minimum Gasteiger partial charge on any atom is -0.438 e. The van der Waals surface area contributed by atoms with Gasteiger partial charge in [0.05, 0.1) is 22.1 Å². The van der Waals surface area contributed by atoms with Crippen LogP contribution in [0, 0.1) is 0 Å². The fourth-order valence-corrected chi connectivity index (χ4v) is 6.99. The van der Waals surface area contributed by atoms with E-state index in [9.17, 15) is 0 Å². The van der Waals surface area contributed by atoms with Gasteiger partial charge in [-0.2, -0.15) is 0 Å². The molecule has 234 valence electrons. The lowest BCUT2D eigenvalue weighted by Crippen LogP contribution is -2.00. The minimum atomic E-state index is 0.605. The first kappa shape index (κ1) is 28.1. The molecule has 0 spiro atoms. The molecule has 0 saturated carbocycles. The standard InChI is InChI=1S/C44H27N5O/c1-4-14-29(15-5-1)41-46-42(30-16-6-2-7-17-30)48-43(47-41)31-26-24-28(25-27-31)39-40-37(38-34-21-11-13-23-36(34)50-44(38)45-39)33-20-10-12-22-35(33)49(40)32-18-8-3-9-19-32/h1-27H. The third-order valence-corrected chi connectivity index (χ3v) is 9.27. The minimum absolute atomic E-state index is 0.605. The second-order valence-electron chi connectivity index (χ2n) is 12.3. The van der Waals surface area contributed by atoms with E-state index in [1.54, 1.807) is 0 Å². The Hall–Kier alpha value is -6.92. The SMILES string of the molecule is c1ccc(-c2nc(-c3ccccc3)nc(-c3ccc(-c4nc5oc6ccccc6c5c5c6ccccc6n(-c6ccccc6)c45)cc3)n2)cc1. The Balaban J connectivity index is 1.21. The third-order valence-electron chi connectivity index (χ3n) is 9.27. The van der Waals surface area contributed by atoms with Crippen molar-refractivity contribution >= 4 is 43.9 Å². The summed E-state index contributed by atoms with van der Waals surface area (Å²) in [4.78, 5) is 20.0. The maximum absolute atomic E-state index is 6.44. The number of hydrogen-bond donors (Lipinski definition) is 0. The average Bonchev–Trinajstić information content (AvgIpc) is 3.74. The van der Waals surface area contributed by atoms with E-state index in [1.807, 2.05) is 78.9 Å². The van der Waals surface area contributed by atoms with E-state index < -0.39 is 0 Å². The van der Waals surface area contributed by atoms with Gasteiger partial charge >= 0.3 is 0 Å². The predicted octanol–water partition coefficient (Wildman–Crippen LogP) is 10.9. The molecule has 10 aromatic rings. The van der Waals surface area contributed by atoms with Gasteiger partial charge in [0.1, 0.15) is 5.58 Å². The van der Waals surface area contributed by atoms with Gasteiger partial charge in [0.2, 0.25) is 5.71 Å². The zero-order chi connectivity index (χ0) is 33.0. The van der Waals surface area contributed by atoms with Crippen molar-refractivity contribution in [3.05, 3.63) is 164 Å². The van der Waals surface area contributed by atoms with Crippen LogP contribution >= 0.6 is 0 Å². The van der Waals surface area contributed by atoms with E-state index in [0.717, 1.165) is 71.8 Å². The van der Waals surface area contributed by atoms with Crippen LogP contribution in [0.2, 0.25) is 0 Å². The van der Waals surface area contributed by atoms with Crippen LogP contribution in [0.25, 0.3) is 95.0 Å². The summed E-state index contributed by atoms with van der Waals surface area (Å²) in [5.41, 5.74) is 9.19. The first-order chi connectivity index (χ1) is 24.8. The largest absolute Gasteiger partial charge is 0.438 e. The molecule has 0 saturated heterocycles. The highest BCUT2D eigenvalue weighted by molar-refractivity contribution is 6.28. The van der Waals surface area contributed by atoms with Gasteiger partial charge in [-0.15, -0.1) is 0 Å². The van der Waals surface area contributed by atoms with E-state index in [0.29, 0.717) is 23.2 Å². The summed E-state index contributed by atoms with van der Waals surface area (Å²) >= 11 is 0. The lowest BCUT2D eigenvalue weighted by molar-refractivity contribution is 0.655. The monoisotopic (exact) mass is 641 g/mol. The van der Waals surface area contributed by atoms with Crippen molar-refractivity contribution in [3.63, 3.8) is 0 Å². The molecule has 0 atom stereocenters. The Labute approximate surface area is 287 Å². The van der Waals surface area contributed by atoms with Crippen LogP contribution < -0.4 is 0 Å². The first-order valence-electron chi connectivity index (χ1n) is 16.6. The molecule has 0 unspecified atom stereocenters. The third kappa shape index (κ3) is 4.50. The molecule has 4 heterocycles. The summed E-state index contributed by atoms with van der Waals surface area (Å²) in [6, 6.07) is 55.6. The van der Waals surface area contributed by atoms with E-state index in [2.05, 4.69) is 89.5 Å². The Morgan fingerprint density at radius 3 is 1.54 bits per heavy atom. The molecule has 0 amide bonds. The van der Waals surface area contributed by atoms with Gasteiger partial charge in [0.15, 0.2) is 17.5 Å². The van der Waals surface area contributed by atoms with Gasteiger partial charge in [0, 0.05) is 44.1 Å². The molecule has 6 heteroatoms. The van der Waals surface area contributed by atoms with Gasteiger partial charge in [0.25, 0.3) is 0 Å². The number of furan rings is 1. The molecule has 6 aromatic carbocycles. The molecule has 0 aliphatic rings. The maximum atomic E-state index is 6.44. The van der Waals surface area contributed by atoms with Crippen LogP contribution in [-0.4, -0.2) is 24.5 Å². The Kier molecular flexibility index (Phi) is 6.39. The molecule has 0 aliphatic heterocycles. The molecule has 10 rings (SSSR count). The summed E-state index contributed by atoms with van der Waals surface area (Å²) in [5, 5.41) is 4.34. The van der Waals surface area contributed by atoms with Crippen LogP contribution in [-0.2, 0) is 0 Å². The zero-order valence-corrected chi connectivity index (χ0v) is 26.7. The van der Waals surface area contributed by atoms with Crippen molar-refractivity contribution in [1.82, 2.24) is 24.5 Å². The van der Waals surface area contributed by atoms with E-state index in [1.165, 1.54) is 0 Å². The lowest BCUT2D eigenvalue weighted by Gasteiger charge is -2.12. The lowest BCUT2D eigenvalue weighted by atomic mass is 10.0. The smallest absolute Gasteiger partial charge is 0.228 e. The summed E-state index contributed by atoms with van der Waals surface area (Å²) < 4.78 is 8.77. The normalized spacial score (nSPS) is 11.6. The van der Waals surface area contributed by atoms with Crippen LogP contribution in [0.3, 0.4) is 0 Å². The Bertz CT molecular complexity index is 2780. The highest BCUT2D eigenvalue weighted by atomic mass is 16.3. The summed E-state index contributed by atoms with van der Waals surface area (Å²) in [7, 11) is 0. The molecular formula is C44H27N5O. The van der Waals surface area contributed by atoms with E-state index in [-0.39, 0.29) is 0 Å². The summed E-state index contributed by atoms with van der Waals surface area (Å²) in [6.07, 6.45) is 0. The second-order valence-corrected chi connectivity index (χ2v) is 12.3. The van der Waals surface area contributed by atoms with Gasteiger partial charge < -0.3 is 8.98 Å². The van der Waals surface area contributed by atoms with Crippen molar-refractivity contribution < 1.29 is 4.42 Å². The van der Waals surface area contributed by atoms with Crippen molar-refractivity contribution in [3.8, 4) is 51.1 Å². The van der Waals surface area contributed by atoms with Crippen LogP contribution in [0.1, 0.15) is 0 Å². The number of hydrogen-bond acceptors (Lipinski definition) is 5. The number of benzene rings is 6. The molecule has 0 bridgehead atoms. The fraction of sp³-hybridized carbons (Fsp3) is 0. The van der Waals surface area contributed by atoms with Crippen LogP contribution in [0.4, 0.5) is 0 Å². The van der Waals surface area contributed by atoms with Crippen molar-refractivity contribution in [2.24, 2.45) is 0 Å². The maximum Gasteiger partial charge on any atom is 0.228 e. The number of nitrogens with zero attached hydrogens (tertiary/aromatic N) is 5. The molecule has 4 aromatic heterocycles. The quantitative estimate of drug-likeness (QED) is 0.187. The molecule has 0 radical (unpaired) electrons. The molecule has 0 fully saturated rings. The number of rotatable bonds is 5. The molecule has 0 N–H and O–H groups in total. The van der Waals surface area contributed by atoms with Gasteiger partial charge in [-0.1, -0.05) is 140 Å². The van der Waals surface area contributed by atoms with E-state index >= 15 is 0 Å². The molecule has 6 nitrogen and oxygen atoms in total. The highest BCUT2D eigenvalue weighted by Crippen LogP contribution is 2.44. The molecule has 0 aliphatic carbocycles. The van der Waals surface area contributed by atoms with Gasteiger partial charge in [-0.3, -0.25) is 0 Å². The molecular weight excluding hydrogens is 615 g/mol. The van der Waals surface area contributed by atoms with Crippen molar-refractivity contribution in [2.75, 3.05) is 0 Å². The first-order valence-corrected chi connectivity index (χ1v) is 16.6. The Morgan fingerprint density at radius 1 is 0.400 bits per heavy atom. The van der Waals surface area contributed by atoms with E-state index in [4.69, 9.17) is 24.4 Å². The second kappa shape index (κ2) is 11.4. The average molecular weight is 642 g/mol. The van der Waals surface area contributed by atoms with Crippen LogP contribution in [0.5, 0.6) is 0 Å². The number of fused-ring (bicyclic) bond motifs is 7. The predicted molar refractivity (Wildman–Crippen MR) is 201 cm³/mol. The summed E-state index contributed by atoms with van der Waals surface area (Å²) in [5.74, 6) is 1.86. The zero-order valence-electron chi connectivity index (χ0n) is 26.7. The van der Waals surface area contributed by atoms with Crippen molar-refractivity contribution in [2.45, 2.75) is 0 Å². The summed E-state index contributed by atoms with van der Waals surface area (Å²) in [6.45, 7) is 0. The van der Waals surface area contributed by atoms with Crippen molar-refractivity contribution in [1.29, 1.82) is 0 Å².